The number of carbonyl (C=O) groups excluding carboxylic acids is 1. The van der Waals surface area contributed by atoms with E-state index in [2.05, 4.69) is 44.4 Å². The molecular weight excluding hydrogens is 424 g/mol. The summed E-state index contributed by atoms with van der Waals surface area (Å²) in [7, 11) is 0. The molecule has 1 aliphatic rings. The topological polar surface area (TPSA) is 79.4 Å². The second-order valence-corrected chi connectivity index (χ2v) is 8.69. The van der Waals surface area contributed by atoms with Crippen molar-refractivity contribution in [1.82, 2.24) is 19.7 Å². The van der Waals surface area contributed by atoms with Gasteiger partial charge in [0.15, 0.2) is 11.0 Å². The standard InChI is InChI=1S/C23H30N6O2S/c1-4-27-11-13-28(14-12-27)19-8-6-18(7-9-19)24-21(30)16-32-23-26-25-22(29(23)5-2)20-10-15-31-17(20)3/h6-10,15H,4-5,11-14,16H2,1-3H3,(H,24,30). The van der Waals surface area contributed by atoms with Crippen molar-refractivity contribution < 1.29 is 9.21 Å². The third-order valence-corrected chi connectivity index (χ3v) is 6.77. The molecule has 1 aromatic carbocycles. The maximum Gasteiger partial charge on any atom is 0.234 e. The molecule has 0 unspecified atom stereocenters. The van der Waals surface area contributed by atoms with Crippen molar-refractivity contribution in [1.29, 1.82) is 0 Å². The van der Waals surface area contributed by atoms with E-state index in [-0.39, 0.29) is 11.7 Å². The Morgan fingerprint density at radius 2 is 1.81 bits per heavy atom. The first kappa shape index (κ1) is 22.4. The Labute approximate surface area is 193 Å². The third-order valence-electron chi connectivity index (χ3n) is 5.80. The SMILES string of the molecule is CCN1CCN(c2ccc(NC(=O)CSc3nnc(-c4ccoc4C)n3CC)cc2)CC1. The Kier molecular flexibility index (Phi) is 7.16. The summed E-state index contributed by atoms with van der Waals surface area (Å²) in [4.78, 5) is 17.4. The molecule has 8 nitrogen and oxygen atoms in total. The predicted octanol–water partition coefficient (Wildman–Crippen LogP) is 3.74. The average Bonchev–Trinajstić information content (AvgIpc) is 3.43. The molecule has 2 aromatic heterocycles. The molecule has 3 heterocycles. The molecule has 32 heavy (non-hydrogen) atoms. The number of nitrogens with one attached hydrogen (secondary N) is 1. The van der Waals surface area contributed by atoms with E-state index in [1.54, 1.807) is 6.26 Å². The van der Waals surface area contributed by atoms with Crippen LogP contribution < -0.4 is 10.2 Å². The fourth-order valence-electron chi connectivity index (χ4n) is 3.90. The molecule has 0 aliphatic carbocycles. The predicted molar refractivity (Wildman–Crippen MR) is 128 cm³/mol. The van der Waals surface area contributed by atoms with E-state index < -0.39 is 0 Å². The van der Waals surface area contributed by atoms with Crippen molar-refractivity contribution in [2.24, 2.45) is 0 Å². The largest absolute Gasteiger partial charge is 0.469 e. The lowest BCUT2D eigenvalue weighted by Crippen LogP contribution is -2.46. The number of hydrogen-bond donors (Lipinski definition) is 1. The second kappa shape index (κ2) is 10.2. The van der Waals surface area contributed by atoms with Gasteiger partial charge in [0.2, 0.25) is 5.91 Å². The van der Waals surface area contributed by atoms with E-state index >= 15 is 0 Å². The second-order valence-electron chi connectivity index (χ2n) is 7.75. The minimum Gasteiger partial charge on any atom is -0.469 e. The van der Waals surface area contributed by atoms with E-state index in [4.69, 9.17) is 4.42 Å². The van der Waals surface area contributed by atoms with E-state index in [0.717, 1.165) is 60.7 Å². The molecule has 3 aromatic rings. The zero-order valence-corrected chi connectivity index (χ0v) is 19.7. The maximum atomic E-state index is 12.5. The van der Waals surface area contributed by atoms with Crippen LogP contribution in [-0.2, 0) is 11.3 Å². The fraction of sp³-hybridized carbons (Fsp3) is 0.435. The molecule has 1 aliphatic heterocycles. The molecule has 1 fully saturated rings. The smallest absolute Gasteiger partial charge is 0.234 e. The zero-order valence-electron chi connectivity index (χ0n) is 18.9. The summed E-state index contributed by atoms with van der Waals surface area (Å²) < 4.78 is 7.39. The minimum absolute atomic E-state index is 0.0639. The van der Waals surface area contributed by atoms with Gasteiger partial charge in [0.1, 0.15) is 5.76 Å². The highest BCUT2D eigenvalue weighted by molar-refractivity contribution is 7.99. The van der Waals surface area contributed by atoms with Crippen molar-refractivity contribution in [3.8, 4) is 11.4 Å². The first-order valence-corrected chi connectivity index (χ1v) is 12.0. The molecule has 4 rings (SSSR count). The van der Waals surface area contributed by atoms with Gasteiger partial charge in [-0.2, -0.15) is 0 Å². The number of aromatic nitrogens is 3. The number of piperazine rings is 1. The monoisotopic (exact) mass is 454 g/mol. The molecule has 9 heteroatoms. The van der Waals surface area contributed by atoms with Crippen LogP contribution >= 0.6 is 11.8 Å². The molecule has 1 N–H and O–H groups in total. The molecule has 0 radical (unpaired) electrons. The molecule has 0 atom stereocenters. The van der Waals surface area contributed by atoms with Crippen LogP contribution in [0, 0.1) is 6.92 Å². The molecule has 1 amide bonds. The Bertz CT molecular complexity index is 1040. The van der Waals surface area contributed by atoms with Gasteiger partial charge in [0, 0.05) is 44.1 Å². The zero-order chi connectivity index (χ0) is 22.5. The van der Waals surface area contributed by atoms with Crippen LogP contribution in [0.4, 0.5) is 11.4 Å². The molecule has 1 saturated heterocycles. The van der Waals surface area contributed by atoms with Crippen LogP contribution in [0.25, 0.3) is 11.4 Å². The van der Waals surface area contributed by atoms with E-state index in [1.165, 1.54) is 17.4 Å². The number of thioether (sulfide) groups is 1. The number of aryl methyl sites for hydroxylation is 1. The normalized spacial score (nSPS) is 14.7. The van der Waals surface area contributed by atoms with Crippen molar-refractivity contribution >= 4 is 29.0 Å². The van der Waals surface area contributed by atoms with Crippen LogP contribution in [0.3, 0.4) is 0 Å². The summed E-state index contributed by atoms with van der Waals surface area (Å²) in [5.41, 5.74) is 2.93. The average molecular weight is 455 g/mol. The maximum absolute atomic E-state index is 12.5. The Hall–Kier alpha value is -2.78. The highest BCUT2D eigenvalue weighted by Crippen LogP contribution is 2.27. The van der Waals surface area contributed by atoms with Gasteiger partial charge in [0.25, 0.3) is 0 Å². The van der Waals surface area contributed by atoms with Crippen molar-refractivity contribution in [3.63, 3.8) is 0 Å². The Morgan fingerprint density at radius 1 is 1.06 bits per heavy atom. The van der Waals surface area contributed by atoms with Crippen molar-refractivity contribution in [2.75, 3.05) is 48.7 Å². The number of nitrogens with zero attached hydrogens (tertiary/aromatic N) is 5. The lowest BCUT2D eigenvalue weighted by atomic mass is 10.2. The number of benzene rings is 1. The van der Waals surface area contributed by atoms with Crippen LogP contribution in [0.5, 0.6) is 0 Å². The number of likely N-dealkylation sites (N-methyl/N-ethyl adjacent to an activating group) is 1. The number of furan rings is 1. The Balaban J connectivity index is 1.32. The summed E-state index contributed by atoms with van der Waals surface area (Å²) in [5, 5.41) is 12.3. The van der Waals surface area contributed by atoms with Crippen LogP contribution in [-0.4, -0.2) is 64.0 Å². The number of carbonyl (C=O) groups is 1. The van der Waals surface area contributed by atoms with Gasteiger partial charge >= 0.3 is 0 Å². The van der Waals surface area contributed by atoms with Gasteiger partial charge in [-0.1, -0.05) is 18.7 Å². The fourth-order valence-corrected chi connectivity index (χ4v) is 4.70. The molecule has 0 spiro atoms. The number of rotatable bonds is 8. The van der Waals surface area contributed by atoms with Gasteiger partial charge in [-0.05, 0) is 50.7 Å². The van der Waals surface area contributed by atoms with Gasteiger partial charge in [-0.15, -0.1) is 10.2 Å². The van der Waals surface area contributed by atoms with Crippen molar-refractivity contribution in [3.05, 3.63) is 42.4 Å². The summed E-state index contributed by atoms with van der Waals surface area (Å²) in [5.74, 6) is 1.77. The molecule has 170 valence electrons. The molecule has 0 saturated carbocycles. The van der Waals surface area contributed by atoms with Crippen LogP contribution in [0.1, 0.15) is 19.6 Å². The van der Waals surface area contributed by atoms with Gasteiger partial charge in [-0.3, -0.25) is 4.79 Å². The summed E-state index contributed by atoms with van der Waals surface area (Å²) in [6.07, 6.45) is 1.65. The van der Waals surface area contributed by atoms with E-state index in [0.29, 0.717) is 6.54 Å². The first-order valence-electron chi connectivity index (χ1n) is 11.1. The lowest BCUT2D eigenvalue weighted by molar-refractivity contribution is -0.113. The number of anilines is 2. The number of amides is 1. The highest BCUT2D eigenvalue weighted by atomic mass is 32.2. The summed E-state index contributed by atoms with van der Waals surface area (Å²) >= 11 is 1.38. The summed E-state index contributed by atoms with van der Waals surface area (Å²) in [6, 6.07) is 9.99. The van der Waals surface area contributed by atoms with Gasteiger partial charge < -0.3 is 24.1 Å². The third kappa shape index (κ3) is 4.99. The van der Waals surface area contributed by atoms with Crippen molar-refractivity contribution in [2.45, 2.75) is 32.5 Å². The van der Waals surface area contributed by atoms with Gasteiger partial charge in [-0.25, -0.2) is 0 Å². The molecular formula is C23H30N6O2S. The lowest BCUT2D eigenvalue weighted by Gasteiger charge is -2.35. The van der Waals surface area contributed by atoms with Gasteiger partial charge in [0.05, 0.1) is 17.6 Å². The van der Waals surface area contributed by atoms with E-state index in [1.807, 2.05) is 36.6 Å². The van der Waals surface area contributed by atoms with Crippen LogP contribution in [0.15, 0.2) is 46.2 Å². The minimum atomic E-state index is -0.0639. The molecule has 0 bridgehead atoms. The Morgan fingerprint density at radius 3 is 2.44 bits per heavy atom. The quantitative estimate of drug-likeness (QED) is 0.520. The van der Waals surface area contributed by atoms with Crippen LogP contribution in [0.2, 0.25) is 0 Å². The first-order chi connectivity index (χ1) is 15.6. The highest BCUT2D eigenvalue weighted by Gasteiger charge is 2.18. The number of hydrogen-bond acceptors (Lipinski definition) is 7. The van der Waals surface area contributed by atoms with E-state index in [9.17, 15) is 4.79 Å². The summed E-state index contributed by atoms with van der Waals surface area (Å²) in [6.45, 7) is 12.2.